The van der Waals surface area contributed by atoms with Crippen LogP contribution in [0.4, 0.5) is 0 Å². The van der Waals surface area contributed by atoms with Crippen molar-refractivity contribution in [1.82, 2.24) is 0 Å². The largest absolute Gasteiger partial charge is 0.290 e. The summed E-state index contributed by atoms with van der Waals surface area (Å²) in [7, 11) is -7.36. The highest BCUT2D eigenvalue weighted by Crippen LogP contribution is 2.22. The van der Waals surface area contributed by atoms with Gasteiger partial charge in [-0.2, -0.15) is 8.42 Å². The summed E-state index contributed by atoms with van der Waals surface area (Å²) >= 11 is 0. The Morgan fingerprint density at radius 2 is 1.34 bits per heavy atom. The Kier molecular flexibility index (Phi) is 6.67. The van der Waals surface area contributed by atoms with Crippen LogP contribution in [0.25, 0.3) is 0 Å². The minimum Gasteiger partial charge on any atom is -0.239 e. The molecule has 0 amide bonds. The average Bonchev–Trinajstić information content (AvgIpc) is 2.73. The van der Waals surface area contributed by atoms with E-state index in [-0.39, 0.29) is 4.90 Å². The summed E-state index contributed by atoms with van der Waals surface area (Å²) in [4.78, 5) is 0.399. The standard InChI is InChI=1S/C23H23NO3S2/c1-20-15-17-23(18-16-20)29(26,27)24-28(25,22-13-6-3-7-14-22)19-9-8-12-21-10-4-2-5-11-21/h2-7,9-11,13-19H,8,12H2,1H3/b19-9+/t28-/m1/s1. The number of allylic oxidation sites excluding steroid dienone is 1. The van der Waals surface area contributed by atoms with Crippen LogP contribution in [0.15, 0.2) is 110 Å². The van der Waals surface area contributed by atoms with Crippen LogP contribution in [-0.2, 0) is 26.2 Å². The Morgan fingerprint density at radius 1 is 0.759 bits per heavy atom. The van der Waals surface area contributed by atoms with E-state index in [4.69, 9.17) is 0 Å². The highest BCUT2D eigenvalue weighted by Gasteiger charge is 2.18. The third kappa shape index (κ3) is 5.65. The van der Waals surface area contributed by atoms with Crippen molar-refractivity contribution in [3.8, 4) is 0 Å². The Balaban J connectivity index is 1.95. The Hall–Kier alpha value is -2.70. The second kappa shape index (κ2) is 9.20. The van der Waals surface area contributed by atoms with Gasteiger partial charge in [0.2, 0.25) is 0 Å². The fourth-order valence-electron chi connectivity index (χ4n) is 2.75. The van der Waals surface area contributed by atoms with Gasteiger partial charge in [0, 0.05) is 5.41 Å². The predicted octanol–water partition coefficient (Wildman–Crippen LogP) is 5.36. The number of hydrogen-bond donors (Lipinski definition) is 0. The van der Waals surface area contributed by atoms with E-state index in [0.717, 1.165) is 17.5 Å². The summed E-state index contributed by atoms with van der Waals surface area (Å²) in [6.07, 6.45) is 3.15. The lowest BCUT2D eigenvalue weighted by atomic mass is 10.1. The minimum absolute atomic E-state index is 0.0319. The molecule has 29 heavy (non-hydrogen) atoms. The van der Waals surface area contributed by atoms with Gasteiger partial charge >= 0.3 is 0 Å². The van der Waals surface area contributed by atoms with E-state index in [1.807, 2.05) is 37.3 Å². The van der Waals surface area contributed by atoms with Gasteiger partial charge in [-0.05, 0) is 49.6 Å². The molecular formula is C23H23NO3S2. The molecule has 4 nitrogen and oxygen atoms in total. The van der Waals surface area contributed by atoms with E-state index in [9.17, 15) is 12.6 Å². The second-order valence-corrected chi connectivity index (χ2v) is 10.5. The fraction of sp³-hybridized carbons (Fsp3) is 0.130. The molecule has 0 unspecified atom stereocenters. The maximum absolute atomic E-state index is 13.6. The molecule has 1 atom stereocenters. The highest BCUT2D eigenvalue weighted by molar-refractivity contribution is 8.05. The SMILES string of the molecule is Cc1ccc(S(=O)(=O)N=[S@@](=O)(/C=C/CCc2ccccc2)c2ccccc2)cc1. The summed E-state index contributed by atoms with van der Waals surface area (Å²) in [5.74, 6) is 0. The molecule has 3 aromatic carbocycles. The first kappa shape index (κ1) is 21.0. The molecule has 0 bridgehead atoms. The topological polar surface area (TPSA) is 63.6 Å². The molecule has 3 aromatic rings. The summed E-state index contributed by atoms with van der Waals surface area (Å²) in [6.45, 7) is 1.87. The fourth-order valence-corrected chi connectivity index (χ4v) is 6.39. The zero-order valence-corrected chi connectivity index (χ0v) is 17.8. The lowest BCUT2D eigenvalue weighted by molar-refractivity contribution is 0.598. The van der Waals surface area contributed by atoms with E-state index < -0.39 is 19.8 Å². The van der Waals surface area contributed by atoms with Gasteiger partial charge in [0.1, 0.15) is 9.73 Å². The Bertz CT molecular complexity index is 1190. The van der Waals surface area contributed by atoms with Gasteiger partial charge in [-0.15, -0.1) is 0 Å². The van der Waals surface area contributed by atoms with E-state index in [2.05, 4.69) is 3.77 Å². The first-order chi connectivity index (χ1) is 13.9. The quantitative estimate of drug-likeness (QED) is 0.512. The van der Waals surface area contributed by atoms with Crippen molar-refractivity contribution in [1.29, 1.82) is 0 Å². The highest BCUT2D eigenvalue weighted by atomic mass is 32.3. The van der Waals surface area contributed by atoms with Crippen molar-refractivity contribution in [2.45, 2.75) is 29.6 Å². The van der Waals surface area contributed by atoms with Gasteiger partial charge < -0.3 is 0 Å². The zero-order valence-electron chi connectivity index (χ0n) is 16.1. The number of benzene rings is 3. The van der Waals surface area contributed by atoms with E-state index >= 15 is 0 Å². The Labute approximate surface area is 173 Å². The molecule has 0 aromatic heterocycles. The smallest absolute Gasteiger partial charge is 0.239 e. The molecule has 6 heteroatoms. The monoisotopic (exact) mass is 425 g/mol. The van der Waals surface area contributed by atoms with Crippen LogP contribution in [0.3, 0.4) is 0 Å². The van der Waals surface area contributed by atoms with Crippen molar-refractivity contribution < 1.29 is 12.6 Å². The van der Waals surface area contributed by atoms with Gasteiger partial charge in [-0.1, -0.05) is 76.1 Å². The van der Waals surface area contributed by atoms with Gasteiger partial charge in [0.15, 0.2) is 0 Å². The molecule has 150 valence electrons. The lowest BCUT2D eigenvalue weighted by Gasteiger charge is -2.07. The number of aryl methyl sites for hydroxylation is 2. The average molecular weight is 426 g/mol. The molecule has 0 aliphatic rings. The first-order valence-electron chi connectivity index (χ1n) is 9.25. The minimum atomic E-state index is -4.07. The van der Waals surface area contributed by atoms with E-state index in [1.54, 1.807) is 48.5 Å². The molecule has 0 aliphatic heterocycles. The summed E-state index contributed by atoms with van der Waals surface area (Å²) in [5.41, 5.74) is 2.10. The molecule has 0 saturated heterocycles. The second-order valence-electron chi connectivity index (χ2n) is 6.64. The van der Waals surface area contributed by atoms with Gasteiger partial charge in [-0.3, -0.25) is 0 Å². The molecule has 0 saturated carbocycles. The molecule has 0 fully saturated rings. The maximum atomic E-state index is 13.6. The zero-order chi connectivity index (χ0) is 20.7. The normalized spacial score (nSPS) is 13.8. The predicted molar refractivity (Wildman–Crippen MR) is 118 cm³/mol. The number of sulfonamides is 1. The van der Waals surface area contributed by atoms with Crippen LogP contribution in [0.1, 0.15) is 17.5 Å². The third-order valence-corrected chi connectivity index (χ3v) is 8.38. The van der Waals surface area contributed by atoms with Crippen LogP contribution in [0.5, 0.6) is 0 Å². The van der Waals surface area contributed by atoms with Crippen LogP contribution in [0.2, 0.25) is 0 Å². The van der Waals surface area contributed by atoms with E-state index in [0.29, 0.717) is 11.3 Å². The number of rotatable bonds is 7. The summed E-state index contributed by atoms with van der Waals surface area (Å²) in [5, 5.41) is 1.43. The maximum Gasteiger partial charge on any atom is 0.290 e. The lowest BCUT2D eigenvalue weighted by Crippen LogP contribution is -2.04. The molecular weight excluding hydrogens is 402 g/mol. The van der Waals surface area contributed by atoms with Crippen molar-refractivity contribution in [3.05, 3.63) is 108 Å². The summed E-state index contributed by atoms with van der Waals surface area (Å²) < 4.78 is 43.1. The van der Waals surface area contributed by atoms with Crippen molar-refractivity contribution in [2.75, 3.05) is 0 Å². The first-order valence-corrected chi connectivity index (χ1v) is 12.3. The molecule has 0 aliphatic carbocycles. The van der Waals surface area contributed by atoms with Crippen LogP contribution in [-0.4, -0.2) is 12.6 Å². The molecule has 3 rings (SSSR count). The van der Waals surface area contributed by atoms with Crippen molar-refractivity contribution in [2.24, 2.45) is 3.77 Å². The van der Waals surface area contributed by atoms with Gasteiger partial charge in [-0.25, -0.2) is 4.21 Å². The summed E-state index contributed by atoms with van der Waals surface area (Å²) in [6, 6.07) is 24.8. The van der Waals surface area contributed by atoms with E-state index in [1.165, 1.54) is 17.5 Å². The molecule has 0 radical (unpaired) electrons. The number of nitrogens with zero attached hydrogens (tertiary/aromatic N) is 1. The number of hydrogen-bond acceptors (Lipinski definition) is 3. The van der Waals surface area contributed by atoms with Crippen LogP contribution < -0.4 is 0 Å². The van der Waals surface area contributed by atoms with Gasteiger partial charge in [0.05, 0.1) is 9.79 Å². The third-order valence-electron chi connectivity index (χ3n) is 4.33. The van der Waals surface area contributed by atoms with Crippen molar-refractivity contribution in [3.63, 3.8) is 0 Å². The van der Waals surface area contributed by atoms with Crippen molar-refractivity contribution >= 4 is 19.8 Å². The van der Waals surface area contributed by atoms with Crippen LogP contribution >= 0.6 is 0 Å². The molecule has 0 spiro atoms. The molecule has 0 N–H and O–H groups in total. The molecule has 0 heterocycles. The van der Waals surface area contributed by atoms with Crippen LogP contribution in [0, 0.1) is 6.92 Å². The van der Waals surface area contributed by atoms with Gasteiger partial charge in [0.25, 0.3) is 10.0 Å². The Morgan fingerprint density at radius 3 is 1.97 bits per heavy atom.